The lowest BCUT2D eigenvalue weighted by atomic mass is 9.95. The summed E-state index contributed by atoms with van der Waals surface area (Å²) in [6.45, 7) is 3.48. The van der Waals surface area contributed by atoms with Gasteiger partial charge >= 0.3 is 0 Å². The Morgan fingerprint density at radius 3 is 2.10 bits per heavy atom. The average molecular weight is 545 g/mol. The molecule has 4 aromatic rings. The SMILES string of the molecule is COc1ccc(S(=O)(=O)N(CC(=O)N[C@@H](c2ccccc2)c2ccccc2C)c2ccc(C)cc2)cc1OC. The molecule has 0 radical (unpaired) electrons. The minimum Gasteiger partial charge on any atom is -0.493 e. The standard InChI is InChI=1S/C31H32N2O5S/c1-22-14-16-25(17-15-22)33(39(35,36)26-18-19-28(37-3)29(20-26)38-4)21-30(34)32-31(24-11-6-5-7-12-24)27-13-9-8-10-23(27)2/h5-20,31H,21H2,1-4H3,(H,32,34)/t31-/m0/s1. The Labute approximate surface area is 230 Å². The van der Waals surface area contributed by atoms with Gasteiger partial charge in [-0.25, -0.2) is 8.42 Å². The molecular weight excluding hydrogens is 512 g/mol. The molecule has 0 spiro atoms. The smallest absolute Gasteiger partial charge is 0.264 e. The van der Waals surface area contributed by atoms with Crippen LogP contribution in [-0.4, -0.2) is 35.1 Å². The van der Waals surface area contributed by atoms with Crippen LogP contribution in [0.1, 0.15) is 28.3 Å². The summed E-state index contributed by atoms with van der Waals surface area (Å²) in [5.74, 6) is 0.229. The molecule has 1 amide bonds. The highest BCUT2D eigenvalue weighted by molar-refractivity contribution is 7.92. The fourth-order valence-electron chi connectivity index (χ4n) is 4.36. The zero-order valence-electron chi connectivity index (χ0n) is 22.4. The molecule has 4 rings (SSSR count). The van der Waals surface area contributed by atoms with Crippen LogP contribution >= 0.6 is 0 Å². The van der Waals surface area contributed by atoms with E-state index >= 15 is 0 Å². The van der Waals surface area contributed by atoms with Crippen LogP contribution in [0.15, 0.2) is 102 Å². The maximum atomic E-state index is 14.0. The van der Waals surface area contributed by atoms with Crippen molar-refractivity contribution < 1.29 is 22.7 Å². The number of aryl methyl sites for hydroxylation is 2. The lowest BCUT2D eigenvalue weighted by Gasteiger charge is -2.27. The minimum absolute atomic E-state index is 0.0213. The number of rotatable bonds is 10. The van der Waals surface area contributed by atoms with E-state index in [2.05, 4.69) is 5.32 Å². The number of nitrogens with zero attached hydrogens (tertiary/aromatic N) is 1. The molecule has 39 heavy (non-hydrogen) atoms. The zero-order valence-corrected chi connectivity index (χ0v) is 23.2. The van der Waals surface area contributed by atoms with Crippen molar-refractivity contribution in [3.05, 3.63) is 119 Å². The summed E-state index contributed by atoms with van der Waals surface area (Å²) in [4.78, 5) is 13.6. The van der Waals surface area contributed by atoms with Gasteiger partial charge in [-0.15, -0.1) is 0 Å². The van der Waals surface area contributed by atoms with Crippen molar-refractivity contribution in [2.45, 2.75) is 24.8 Å². The summed E-state index contributed by atoms with van der Waals surface area (Å²) in [5.41, 5.74) is 4.18. The van der Waals surface area contributed by atoms with E-state index in [0.717, 1.165) is 26.6 Å². The molecule has 0 aliphatic rings. The van der Waals surface area contributed by atoms with Crippen LogP contribution in [0.2, 0.25) is 0 Å². The Morgan fingerprint density at radius 1 is 0.821 bits per heavy atom. The van der Waals surface area contributed by atoms with Gasteiger partial charge in [-0.2, -0.15) is 0 Å². The lowest BCUT2D eigenvalue weighted by Crippen LogP contribution is -2.42. The Hall–Kier alpha value is -4.30. The average Bonchev–Trinajstić information content (AvgIpc) is 2.95. The number of nitrogens with one attached hydrogen (secondary N) is 1. The van der Waals surface area contributed by atoms with Crippen LogP contribution in [0.5, 0.6) is 11.5 Å². The van der Waals surface area contributed by atoms with Crippen LogP contribution in [0.3, 0.4) is 0 Å². The Morgan fingerprint density at radius 2 is 1.46 bits per heavy atom. The number of carbonyl (C=O) groups is 1. The van der Waals surface area contributed by atoms with E-state index in [1.807, 2.05) is 80.6 Å². The number of anilines is 1. The van der Waals surface area contributed by atoms with Crippen molar-refractivity contribution in [2.24, 2.45) is 0 Å². The number of ether oxygens (including phenoxy) is 2. The second-order valence-corrected chi connectivity index (χ2v) is 11.0. The Kier molecular flexibility index (Phi) is 8.56. The first-order valence-corrected chi connectivity index (χ1v) is 13.9. The Bertz CT molecular complexity index is 1540. The summed E-state index contributed by atoms with van der Waals surface area (Å²) in [5, 5.41) is 3.08. The van der Waals surface area contributed by atoms with Crippen LogP contribution < -0.4 is 19.1 Å². The summed E-state index contributed by atoms with van der Waals surface area (Å²) in [7, 11) is -1.24. The molecule has 0 saturated carbocycles. The number of methoxy groups -OCH3 is 2. The second-order valence-electron chi connectivity index (χ2n) is 9.13. The summed E-state index contributed by atoms with van der Waals surface area (Å²) in [6.07, 6.45) is 0. The molecule has 1 N–H and O–H groups in total. The number of hydrogen-bond donors (Lipinski definition) is 1. The summed E-state index contributed by atoms with van der Waals surface area (Å²) >= 11 is 0. The van der Waals surface area contributed by atoms with E-state index in [1.165, 1.54) is 32.4 Å². The molecule has 0 aliphatic carbocycles. The number of carbonyl (C=O) groups excluding carboxylic acids is 1. The molecule has 8 heteroatoms. The highest BCUT2D eigenvalue weighted by atomic mass is 32.2. The van der Waals surface area contributed by atoms with Crippen LogP contribution in [-0.2, 0) is 14.8 Å². The van der Waals surface area contributed by atoms with Crippen molar-refractivity contribution in [1.29, 1.82) is 0 Å². The third-order valence-corrected chi connectivity index (χ3v) is 8.26. The van der Waals surface area contributed by atoms with E-state index in [4.69, 9.17) is 9.47 Å². The molecule has 0 saturated heterocycles. The van der Waals surface area contributed by atoms with Gasteiger partial charge in [-0.05, 0) is 54.8 Å². The van der Waals surface area contributed by atoms with Gasteiger partial charge < -0.3 is 14.8 Å². The molecule has 4 aromatic carbocycles. The van der Waals surface area contributed by atoms with Gasteiger partial charge in [0.15, 0.2) is 11.5 Å². The van der Waals surface area contributed by atoms with Crippen molar-refractivity contribution in [3.63, 3.8) is 0 Å². The molecule has 0 heterocycles. The number of benzene rings is 4. The van der Waals surface area contributed by atoms with Crippen LogP contribution in [0.25, 0.3) is 0 Å². The highest BCUT2D eigenvalue weighted by Gasteiger charge is 2.29. The topological polar surface area (TPSA) is 84.9 Å². The van der Waals surface area contributed by atoms with Gasteiger partial charge in [0.25, 0.3) is 10.0 Å². The first-order valence-electron chi connectivity index (χ1n) is 12.5. The maximum Gasteiger partial charge on any atom is 0.264 e. The van der Waals surface area contributed by atoms with Crippen LogP contribution in [0, 0.1) is 13.8 Å². The molecule has 0 aliphatic heterocycles. The number of sulfonamides is 1. The molecule has 202 valence electrons. The van der Waals surface area contributed by atoms with Gasteiger partial charge in [0.2, 0.25) is 5.91 Å². The van der Waals surface area contributed by atoms with Gasteiger partial charge in [-0.1, -0.05) is 72.3 Å². The molecule has 7 nitrogen and oxygen atoms in total. The first kappa shape index (κ1) is 27.7. The van der Waals surface area contributed by atoms with E-state index in [-0.39, 0.29) is 10.6 Å². The predicted octanol–water partition coefficient (Wildman–Crippen LogP) is 5.42. The van der Waals surface area contributed by atoms with Gasteiger partial charge in [0, 0.05) is 6.07 Å². The third kappa shape index (κ3) is 6.23. The lowest BCUT2D eigenvalue weighted by molar-refractivity contribution is -0.120. The molecular formula is C31H32N2O5S. The minimum atomic E-state index is -4.16. The fraction of sp³-hybridized carbons (Fsp3) is 0.194. The zero-order chi connectivity index (χ0) is 28.0. The molecule has 0 bridgehead atoms. The van der Waals surface area contributed by atoms with E-state index in [9.17, 15) is 13.2 Å². The van der Waals surface area contributed by atoms with Crippen molar-refractivity contribution in [2.75, 3.05) is 25.1 Å². The monoisotopic (exact) mass is 544 g/mol. The molecule has 1 atom stereocenters. The van der Waals surface area contributed by atoms with Gasteiger partial charge in [0.05, 0.1) is 30.8 Å². The van der Waals surface area contributed by atoms with E-state index < -0.39 is 28.5 Å². The van der Waals surface area contributed by atoms with Crippen LogP contribution in [0.4, 0.5) is 5.69 Å². The first-order chi connectivity index (χ1) is 18.7. The predicted molar refractivity (Wildman–Crippen MR) is 153 cm³/mol. The highest BCUT2D eigenvalue weighted by Crippen LogP contribution is 2.32. The van der Waals surface area contributed by atoms with Crippen molar-refractivity contribution >= 4 is 21.6 Å². The van der Waals surface area contributed by atoms with E-state index in [0.29, 0.717) is 11.4 Å². The number of hydrogen-bond acceptors (Lipinski definition) is 5. The molecule has 0 unspecified atom stereocenters. The largest absolute Gasteiger partial charge is 0.493 e. The normalized spacial score (nSPS) is 11.9. The molecule has 0 fully saturated rings. The van der Waals surface area contributed by atoms with Crippen molar-refractivity contribution in [3.8, 4) is 11.5 Å². The third-order valence-electron chi connectivity index (χ3n) is 6.49. The van der Waals surface area contributed by atoms with Gasteiger partial charge in [0.1, 0.15) is 6.54 Å². The van der Waals surface area contributed by atoms with Crippen molar-refractivity contribution in [1.82, 2.24) is 5.32 Å². The summed E-state index contributed by atoms with van der Waals surface area (Å²) < 4.78 is 39.6. The Balaban J connectivity index is 1.72. The number of amides is 1. The quantitative estimate of drug-likeness (QED) is 0.288. The van der Waals surface area contributed by atoms with E-state index in [1.54, 1.807) is 12.1 Å². The maximum absolute atomic E-state index is 14.0. The van der Waals surface area contributed by atoms with Gasteiger partial charge in [-0.3, -0.25) is 9.10 Å². The molecule has 0 aromatic heterocycles. The summed E-state index contributed by atoms with van der Waals surface area (Å²) in [6, 6.07) is 28.3. The fourth-order valence-corrected chi connectivity index (χ4v) is 5.80. The second kappa shape index (κ2) is 12.0.